The average molecular weight is 305 g/mol. The third-order valence-corrected chi connectivity index (χ3v) is 5.07. The van der Waals surface area contributed by atoms with Crippen LogP contribution in [0.5, 0.6) is 0 Å². The van der Waals surface area contributed by atoms with E-state index in [1.54, 1.807) is 0 Å². The molecule has 0 nitrogen and oxygen atoms in total. The van der Waals surface area contributed by atoms with Gasteiger partial charge in [0.2, 0.25) is 0 Å². The van der Waals surface area contributed by atoms with Crippen LogP contribution in [-0.4, -0.2) is 0 Å². The van der Waals surface area contributed by atoms with Gasteiger partial charge in [-0.05, 0) is 39.9 Å². The maximum atomic E-state index is 6.61. The zero-order valence-electron chi connectivity index (χ0n) is 12.7. The van der Waals surface area contributed by atoms with Gasteiger partial charge >= 0.3 is 0 Å². The van der Waals surface area contributed by atoms with Gasteiger partial charge in [0, 0.05) is 16.0 Å². The van der Waals surface area contributed by atoms with E-state index in [0.717, 1.165) is 16.1 Å². The summed E-state index contributed by atoms with van der Waals surface area (Å²) in [6.07, 6.45) is 0. The lowest BCUT2D eigenvalue weighted by atomic mass is 9.82. The fraction of sp³-hybridized carbons (Fsp3) is 0.143. The number of hydrogen-bond donors (Lipinski definition) is 0. The van der Waals surface area contributed by atoms with E-state index in [0.29, 0.717) is 0 Å². The van der Waals surface area contributed by atoms with Gasteiger partial charge in [-0.1, -0.05) is 80.0 Å². The molecule has 3 aromatic rings. The molecule has 0 saturated carbocycles. The molecule has 0 N–H and O–H groups in total. The number of fused-ring (bicyclic) bond motifs is 3. The molecule has 0 saturated heterocycles. The van der Waals surface area contributed by atoms with E-state index >= 15 is 0 Å². The Morgan fingerprint density at radius 3 is 2.14 bits per heavy atom. The first-order valence-electron chi connectivity index (χ1n) is 7.58. The van der Waals surface area contributed by atoms with Crippen LogP contribution in [0.15, 0.2) is 66.7 Å². The van der Waals surface area contributed by atoms with Crippen molar-refractivity contribution in [2.24, 2.45) is 0 Å². The van der Waals surface area contributed by atoms with Crippen LogP contribution in [0.4, 0.5) is 0 Å². The monoisotopic (exact) mass is 304 g/mol. The van der Waals surface area contributed by atoms with Crippen molar-refractivity contribution in [3.63, 3.8) is 0 Å². The van der Waals surface area contributed by atoms with Crippen molar-refractivity contribution in [1.82, 2.24) is 0 Å². The first-order chi connectivity index (χ1) is 10.6. The second-order valence-corrected chi connectivity index (χ2v) is 6.82. The molecule has 0 aliphatic heterocycles. The van der Waals surface area contributed by atoms with Gasteiger partial charge in [-0.3, -0.25) is 0 Å². The molecule has 0 bridgehead atoms. The first-order valence-corrected chi connectivity index (χ1v) is 7.96. The summed E-state index contributed by atoms with van der Waals surface area (Å²) in [6.45, 7) is 4.55. The summed E-state index contributed by atoms with van der Waals surface area (Å²) < 4.78 is 0. The number of halogens is 1. The lowest BCUT2D eigenvalue weighted by Gasteiger charge is -2.22. The highest BCUT2D eigenvalue weighted by molar-refractivity contribution is 6.33. The van der Waals surface area contributed by atoms with Gasteiger partial charge < -0.3 is 0 Å². The minimum absolute atomic E-state index is 0.00475. The van der Waals surface area contributed by atoms with Crippen molar-refractivity contribution in [1.29, 1.82) is 0 Å². The molecule has 0 aromatic heterocycles. The van der Waals surface area contributed by atoms with Crippen molar-refractivity contribution in [2.45, 2.75) is 19.3 Å². The number of benzene rings is 3. The lowest BCUT2D eigenvalue weighted by Crippen LogP contribution is -2.14. The Kier molecular flexibility index (Phi) is 2.92. The standard InChI is InChI=1S/C21H17Cl/c1-21(2)18-11-7-6-10-15(18)17-12-16(20(22)13-19(17)21)14-8-4-3-5-9-14/h3-13H,1-2H3. The quantitative estimate of drug-likeness (QED) is 0.494. The third-order valence-electron chi connectivity index (χ3n) is 4.76. The van der Waals surface area contributed by atoms with Crippen molar-refractivity contribution >= 4 is 11.6 Å². The fourth-order valence-corrected chi connectivity index (χ4v) is 3.83. The van der Waals surface area contributed by atoms with Crippen LogP contribution in [0.1, 0.15) is 25.0 Å². The van der Waals surface area contributed by atoms with Crippen LogP contribution in [0.3, 0.4) is 0 Å². The minimum atomic E-state index is 0.00475. The van der Waals surface area contributed by atoms with Crippen LogP contribution >= 0.6 is 11.6 Å². The van der Waals surface area contributed by atoms with Gasteiger partial charge in [0.15, 0.2) is 0 Å². The summed E-state index contributed by atoms with van der Waals surface area (Å²) in [5, 5.41) is 0.825. The van der Waals surface area contributed by atoms with Gasteiger partial charge in [-0.15, -0.1) is 0 Å². The maximum absolute atomic E-state index is 6.61. The second-order valence-electron chi connectivity index (χ2n) is 6.41. The topological polar surface area (TPSA) is 0 Å². The summed E-state index contributed by atoms with van der Waals surface area (Å²) in [5.74, 6) is 0. The predicted molar refractivity (Wildman–Crippen MR) is 94.5 cm³/mol. The highest BCUT2D eigenvalue weighted by Crippen LogP contribution is 2.50. The van der Waals surface area contributed by atoms with Gasteiger partial charge in [0.25, 0.3) is 0 Å². The summed E-state index contributed by atoms with van der Waals surface area (Å²) in [7, 11) is 0. The molecule has 22 heavy (non-hydrogen) atoms. The maximum Gasteiger partial charge on any atom is 0.0487 e. The molecule has 0 atom stereocenters. The van der Waals surface area contributed by atoms with E-state index in [9.17, 15) is 0 Å². The van der Waals surface area contributed by atoms with Gasteiger partial charge in [0.1, 0.15) is 0 Å². The Morgan fingerprint density at radius 2 is 1.36 bits per heavy atom. The van der Waals surface area contributed by atoms with E-state index in [4.69, 9.17) is 11.6 Å². The van der Waals surface area contributed by atoms with Gasteiger partial charge in [0.05, 0.1) is 0 Å². The second kappa shape index (κ2) is 4.72. The number of rotatable bonds is 1. The molecule has 108 valence electrons. The van der Waals surface area contributed by atoms with Crippen LogP contribution in [0.25, 0.3) is 22.3 Å². The molecular weight excluding hydrogens is 288 g/mol. The highest BCUT2D eigenvalue weighted by atomic mass is 35.5. The molecule has 1 heteroatoms. The van der Waals surface area contributed by atoms with Crippen LogP contribution < -0.4 is 0 Å². The summed E-state index contributed by atoms with van der Waals surface area (Å²) >= 11 is 6.61. The van der Waals surface area contributed by atoms with E-state index in [1.165, 1.54) is 22.3 Å². The molecule has 4 rings (SSSR count). The van der Waals surface area contributed by atoms with Crippen LogP contribution in [0, 0.1) is 0 Å². The highest BCUT2D eigenvalue weighted by Gasteiger charge is 2.35. The molecule has 0 heterocycles. The zero-order valence-corrected chi connectivity index (χ0v) is 13.5. The average Bonchev–Trinajstić information content (AvgIpc) is 2.76. The van der Waals surface area contributed by atoms with Crippen LogP contribution in [0.2, 0.25) is 5.02 Å². The zero-order chi connectivity index (χ0) is 15.3. The van der Waals surface area contributed by atoms with E-state index in [1.807, 2.05) is 6.07 Å². The Balaban J connectivity index is 2.01. The molecular formula is C21H17Cl. The number of hydrogen-bond acceptors (Lipinski definition) is 0. The Labute approximate surface area is 136 Å². The fourth-order valence-electron chi connectivity index (χ4n) is 3.56. The SMILES string of the molecule is CC1(C)c2ccccc2-c2cc(-c3ccccc3)c(Cl)cc21. The Hall–Kier alpha value is -2.05. The molecule has 0 fully saturated rings. The van der Waals surface area contributed by atoms with Crippen LogP contribution in [-0.2, 0) is 5.41 Å². The van der Waals surface area contributed by atoms with E-state index in [-0.39, 0.29) is 5.41 Å². The predicted octanol–water partition coefficient (Wildman–Crippen LogP) is 6.31. The van der Waals surface area contributed by atoms with E-state index in [2.05, 4.69) is 74.5 Å². The molecule has 1 aliphatic rings. The van der Waals surface area contributed by atoms with Crippen molar-refractivity contribution in [3.05, 3.63) is 82.9 Å². The summed E-state index contributed by atoms with van der Waals surface area (Å²) in [6, 6.07) is 23.4. The van der Waals surface area contributed by atoms with Crippen molar-refractivity contribution in [3.8, 4) is 22.3 Å². The molecule has 0 unspecified atom stereocenters. The van der Waals surface area contributed by atoms with Gasteiger partial charge in [-0.2, -0.15) is 0 Å². The minimum Gasteiger partial charge on any atom is -0.0837 e. The normalized spacial score (nSPS) is 14.5. The summed E-state index contributed by atoms with van der Waals surface area (Å²) in [4.78, 5) is 0. The lowest BCUT2D eigenvalue weighted by molar-refractivity contribution is 0.660. The largest absolute Gasteiger partial charge is 0.0837 e. The van der Waals surface area contributed by atoms with Crippen molar-refractivity contribution < 1.29 is 0 Å². The molecule has 0 amide bonds. The first kappa shape index (κ1) is 13.6. The van der Waals surface area contributed by atoms with Gasteiger partial charge in [-0.25, -0.2) is 0 Å². The smallest absolute Gasteiger partial charge is 0.0487 e. The molecule has 3 aromatic carbocycles. The van der Waals surface area contributed by atoms with Crippen molar-refractivity contribution in [2.75, 3.05) is 0 Å². The molecule has 0 radical (unpaired) electrons. The van der Waals surface area contributed by atoms with E-state index < -0.39 is 0 Å². The molecule has 0 spiro atoms. The summed E-state index contributed by atoms with van der Waals surface area (Å²) in [5.41, 5.74) is 7.61. The Morgan fingerprint density at radius 1 is 0.682 bits per heavy atom. The molecule has 1 aliphatic carbocycles. The Bertz CT molecular complexity index is 860. The third kappa shape index (κ3) is 1.84.